The smallest absolute Gasteiger partial charge is 0.180 e. The standard InChI is InChI=1S/C15H25NO3S/c1-4-15(5-2,12-17)11-16-13-9-7-8-10-14(13)20(18,19)6-3/h7-10,16-17H,4-6,11-12H2,1-3H3. The molecule has 0 bridgehead atoms. The highest BCUT2D eigenvalue weighted by Crippen LogP contribution is 2.28. The van der Waals surface area contributed by atoms with Gasteiger partial charge in [0.2, 0.25) is 0 Å². The summed E-state index contributed by atoms with van der Waals surface area (Å²) < 4.78 is 24.1. The monoisotopic (exact) mass is 299 g/mol. The van der Waals surface area contributed by atoms with Gasteiger partial charge in [0.15, 0.2) is 9.84 Å². The quantitative estimate of drug-likeness (QED) is 0.774. The summed E-state index contributed by atoms with van der Waals surface area (Å²) in [5.74, 6) is 0.0817. The van der Waals surface area contributed by atoms with E-state index in [4.69, 9.17) is 0 Å². The highest BCUT2D eigenvalue weighted by molar-refractivity contribution is 7.91. The summed E-state index contributed by atoms with van der Waals surface area (Å²) in [6.07, 6.45) is 1.69. The molecule has 114 valence electrons. The van der Waals surface area contributed by atoms with Crippen LogP contribution in [0.5, 0.6) is 0 Å². The molecule has 0 spiro atoms. The van der Waals surface area contributed by atoms with Crippen molar-refractivity contribution in [2.75, 3.05) is 24.2 Å². The lowest BCUT2D eigenvalue weighted by Gasteiger charge is -2.30. The molecule has 0 amide bonds. The van der Waals surface area contributed by atoms with Gasteiger partial charge < -0.3 is 10.4 Å². The number of rotatable bonds is 8. The third kappa shape index (κ3) is 3.73. The Balaban J connectivity index is 3.00. The lowest BCUT2D eigenvalue weighted by Crippen LogP contribution is -2.32. The first-order valence-electron chi connectivity index (χ1n) is 7.11. The lowest BCUT2D eigenvalue weighted by molar-refractivity contribution is 0.127. The molecule has 0 saturated carbocycles. The predicted octanol–water partition coefficient (Wildman–Crippen LogP) is 2.69. The molecule has 0 saturated heterocycles. The minimum atomic E-state index is -3.24. The fraction of sp³-hybridized carbons (Fsp3) is 0.600. The first-order valence-corrected chi connectivity index (χ1v) is 8.76. The summed E-state index contributed by atoms with van der Waals surface area (Å²) in [5, 5.41) is 12.8. The molecule has 20 heavy (non-hydrogen) atoms. The summed E-state index contributed by atoms with van der Waals surface area (Å²) in [6.45, 7) is 6.37. The van der Waals surface area contributed by atoms with Crippen molar-refractivity contribution in [1.29, 1.82) is 0 Å². The van der Waals surface area contributed by atoms with Gasteiger partial charge in [0.1, 0.15) is 0 Å². The Labute approximate surface area is 122 Å². The van der Waals surface area contributed by atoms with E-state index in [1.165, 1.54) is 0 Å². The summed E-state index contributed by atoms with van der Waals surface area (Å²) in [4.78, 5) is 0.335. The summed E-state index contributed by atoms with van der Waals surface area (Å²) in [7, 11) is -3.24. The van der Waals surface area contributed by atoms with Gasteiger partial charge in [0.05, 0.1) is 22.9 Å². The van der Waals surface area contributed by atoms with Gasteiger partial charge in [-0.2, -0.15) is 0 Å². The van der Waals surface area contributed by atoms with Crippen LogP contribution >= 0.6 is 0 Å². The van der Waals surface area contributed by atoms with Crippen molar-refractivity contribution in [3.8, 4) is 0 Å². The van der Waals surface area contributed by atoms with Crippen LogP contribution in [0, 0.1) is 5.41 Å². The second kappa shape index (κ2) is 7.09. The fourth-order valence-corrected chi connectivity index (χ4v) is 3.17. The number of aliphatic hydroxyl groups is 1. The van der Waals surface area contributed by atoms with Crippen LogP contribution < -0.4 is 5.32 Å². The third-order valence-corrected chi connectivity index (χ3v) is 5.88. The minimum Gasteiger partial charge on any atom is -0.396 e. The van der Waals surface area contributed by atoms with E-state index in [0.717, 1.165) is 12.8 Å². The van der Waals surface area contributed by atoms with Gasteiger partial charge >= 0.3 is 0 Å². The number of nitrogens with one attached hydrogen (secondary N) is 1. The van der Waals surface area contributed by atoms with Gasteiger partial charge in [-0.25, -0.2) is 8.42 Å². The van der Waals surface area contributed by atoms with Crippen LogP contribution in [0.4, 0.5) is 5.69 Å². The Morgan fingerprint density at radius 2 is 1.75 bits per heavy atom. The number of anilines is 1. The van der Waals surface area contributed by atoms with Crippen molar-refractivity contribution in [2.24, 2.45) is 5.41 Å². The van der Waals surface area contributed by atoms with Crippen LogP contribution in [-0.2, 0) is 9.84 Å². The molecule has 4 nitrogen and oxygen atoms in total. The van der Waals surface area contributed by atoms with Gasteiger partial charge in [0, 0.05) is 12.0 Å². The molecule has 0 aromatic heterocycles. The van der Waals surface area contributed by atoms with Gasteiger partial charge in [-0.15, -0.1) is 0 Å². The van der Waals surface area contributed by atoms with Gasteiger partial charge in [-0.3, -0.25) is 0 Å². The molecular formula is C15H25NO3S. The highest BCUT2D eigenvalue weighted by Gasteiger charge is 2.26. The number of sulfone groups is 1. The predicted molar refractivity (Wildman–Crippen MR) is 82.8 cm³/mol. The highest BCUT2D eigenvalue weighted by atomic mass is 32.2. The molecule has 0 atom stereocenters. The Hall–Kier alpha value is -1.07. The van der Waals surface area contributed by atoms with Crippen molar-refractivity contribution in [2.45, 2.75) is 38.5 Å². The van der Waals surface area contributed by atoms with Gasteiger partial charge in [-0.05, 0) is 25.0 Å². The average molecular weight is 299 g/mol. The fourth-order valence-electron chi connectivity index (χ4n) is 2.10. The SMILES string of the molecule is CCC(CC)(CO)CNc1ccccc1S(=O)(=O)CC. The largest absolute Gasteiger partial charge is 0.396 e. The number of hydrogen-bond acceptors (Lipinski definition) is 4. The Morgan fingerprint density at radius 1 is 1.15 bits per heavy atom. The Morgan fingerprint density at radius 3 is 2.25 bits per heavy atom. The summed E-state index contributed by atoms with van der Waals surface area (Å²) >= 11 is 0. The van der Waals surface area contributed by atoms with Gasteiger partial charge in [-0.1, -0.05) is 32.9 Å². The van der Waals surface area contributed by atoms with E-state index in [1.807, 2.05) is 19.9 Å². The third-order valence-electron chi connectivity index (χ3n) is 4.09. The van der Waals surface area contributed by atoms with Crippen LogP contribution in [0.1, 0.15) is 33.6 Å². The number of aliphatic hydroxyl groups excluding tert-OH is 1. The molecule has 0 aliphatic rings. The van der Waals surface area contributed by atoms with Crippen molar-refractivity contribution in [3.63, 3.8) is 0 Å². The lowest BCUT2D eigenvalue weighted by atomic mass is 9.83. The second-order valence-corrected chi connectivity index (χ2v) is 7.37. The van der Waals surface area contributed by atoms with E-state index in [-0.39, 0.29) is 17.8 Å². The van der Waals surface area contributed by atoms with Gasteiger partial charge in [0.25, 0.3) is 0 Å². The van der Waals surface area contributed by atoms with E-state index in [9.17, 15) is 13.5 Å². The van der Waals surface area contributed by atoms with E-state index >= 15 is 0 Å². The van der Waals surface area contributed by atoms with E-state index in [2.05, 4.69) is 5.32 Å². The summed E-state index contributed by atoms with van der Waals surface area (Å²) in [6, 6.07) is 6.94. The number of hydrogen-bond donors (Lipinski definition) is 2. The molecule has 1 aromatic rings. The molecule has 2 N–H and O–H groups in total. The van der Waals surface area contributed by atoms with Crippen LogP contribution in [-0.4, -0.2) is 32.4 Å². The molecule has 0 aliphatic carbocycles. The van der Waals surface area contributed by atoms with Crippen LogP contribution in [0.15, 0.2) is 29.2 Å². The van der Waals surface area contributed by atoms with Crippen LogP contribution in [0.25, 0.3) is 0 Å². The van der Waals surface area contributed by atoms with Crippen molar-refractivity contribution < 1.29 is 13.5 Å². The van der Waals surface area contributed by atoms with Crippen LogP contribution in [0.2, 0.25) is 0 Å². The number of benzene rings is 1. The Bertz CT molecular complexity index is 513. The van der Waals surface area contributed by atoms with E-state index in [1.54, 1.807) is 25.1 Å². The van der Waals surface area contributed by atoms with Crippen molar-refractivity contribution in [3.05, 3.63) is 24.3 Å². The topological polar surface area (TPSA) is 66.4 Å². The van der Waals surface area contributed by atoms with Crippen molar-refractivity contribution >= 4 is 15.5 Å². The van der Waals surface area contributed by atoms with E-state index < -0.39 is 9.84 Å². The normalized spacial score (nSPS) is 12.4. The average Bonchev–Trinajstić information content (AvgIpc) is 2.49. The maximum atomic E-state index is 12.1. The molecule has 0 heterocycles. The van der Waals surface area contributed by atoms with Crippen molar-refractivity contribution in [1.82, 2.24) is 0 Å². The zero-order valence-corrected chi connectivity index (χ0v) is 13.3. The maximum absolute atomic E-state index is 12.1. The molecule has 0 radical (unpaired) electrons. The summed E-state index contributed by atoms with van der Waals surface area (Å²) in [5.41, 5.74) is 0.414. The second-order valence-electron chi connectivity index (χ2n) is 5.12. The first kappa shape index (κ1) is 17.0. The molecule has 1 rings (SSSR count). The maximum Gasteiger partial charge on any atom is 0.180 e. The first-order chi connectivity index (χ1) is 9.44. The molecule has 0 aliphatic heterocycles. The van der Waals surface area contributed by atoms with Crippen LogP contribution in [0.3, 0.4) is 0 Å². The minimum absolute atomic E-state index is 0.0817. The number of para-hydroxylation sites is 1. The molecule has 5 heteroatoms. The molecule has 0 unspecified atom stereocenters. The van der Waals surface area contributed by atoms with E-state index in [0.29, 0.717) is 17.1 Å². The zero-order chi connectivity index (χ0) is 15.2. The Kier molecular flexibility index (Phi) is 6.02. The molecule has 1 aromatic carbocycles. The molecule has 0 fully saturated rings. The zero-order valence-electron chi connectivity index (χ0n) is 12.5. The molecular weight excluding hydrogens is 274 g/mol.